The number of nitrogens with one attached hydrogen (secondary N) is 1. The van der Waals surface area contributed by atoms with Gasteiger partial charge in [-0.2, -0.15) is 0 Å². The first-order chi connectivity index (χ1) is 7.45. The number of benzene rings is 1. The van der Waals surface area contributed by atoms with Gasteiger partial charge in [-0.1, -0.05) is 0 Å². The summed E-state index contributed by atoms with van der Waals surface area (Å²) in [5.41, 5.74) is 3.35. The predicted molar refractivity (Wildman–Crippen MR) is 60.7 cm³/mol. The third kappa shape index (κ3) is 0.722. The van der Waals surface area contributed by atoms with Crippen molar-refractivity contribution in [2.24, 2.45) is 9.98 Å². The van der Waals surface area contributed by atoms with E-state index in [2.05, 4.69) is 21.0 Å². The van der Waals surface area contributed by atoms with E-state index in [-0.39, 0.29) is 0 Å². The molecule has 0 saturated carbocycles. The van der Waals surface area contributed by atoms with Crippen molar-refractivity contribution in [3.63, 3.8) is 0 Å². The van der Waals surface area contributed by atoms with Crippen LogP contribution in [0.3, 0.4) is 0 Å². The molecule has 2 aliphatic heterocycles. The summed E-state index contributed by atoms with van der Waals surface area (Å²) < 4.78 is 0. The average molecular weight is 193 g/mol. The minimum atomic E-state index is 1.04. The molecule has 2 aliphatic rings. The van der Waals surface area contributed by atoms with Crippen molar-refractivity contribution in [1.29, 1.82) is 0 Å². The second-order valence-corrected chi connectivity index (χ2v) is 3.68. The Labute approximate surface area is 85.2 Å². The fourth-order valence-corrected chi connectivity index (χ4v) is 2.28. The van der Waals surface area contributed by atoms with Gasteiger partial charge in [0.25, 0.3) is 0 Å². The molecule has 15 heavy (non-hydrogen) atoms. The van der Waals surface area contributed by atoms with Gasteiger partial charge in [0.05, 0.1) is 16.6 Å². The van der Waals surface area contributed by atoms with Crippen LogP contribution in [-0.2, 0) is 0 Å². The van der Waals surface area contributed by atoms with E-state index in [4.69, 9.17) is 0 Å². The Balaban J connectivity index is 2.46. The number of fused-ring (bicyclic) bond motifs is 6. The van der Waals surface area contributed by atoms with E-state index in [1.165, 1.54) is 10.9 Å². The lowest BCUT2D eigenvalue weighted by Gasteiger charge is -1.99. The first-order valence-electron chi connectivity index (χ1n) is 4.87. The van der Waals surface area contributed by atoms with Gasteiger partial charge in [0, 0.05) is 34.8 Å². The van der Waals surface area contributed by atoms with Crippen molar-refractivity contribution in [3.8, 4) is 0 Å². The Morgan fingerprint density at radius 3 is 3.27 bits per heavy atom. The minimum Gasteiger partial charge on any atom is -0.361 e. The molecule has 0 saturated heterocycles. The molecule has 3 nitrogen and oxygen atoms in total. The first kappa shape index (κ1) is 7.17. The molecule has 0 radical (unpaired) electrons. The van der Waals surface area contributed by atoms with Gasteiger partial charge in [0.15, 0.2) is 0 Å². The lowest BCUT2D eigenvalue weighted by Crippen LogP contribution is -2.25. The zero-order valence-corrected chi connectivity index (χ0v) is 7.86. The van der Waals surface area contributed by atoms with Crippen LogP contribution in [-0.4, -0.2) is 11.2 Å². The number of aromatic nitrogens is 1. The molecule has 0 fully saturated rings. The van der Waals surface area contributed by atoms with Gasteiger partial charge in [-0.25, -0.2) is 0 Å². The predicted octanol–water partition coefficient (Wildman–Crippen LogP) is 1.27. The maximum atomic E-state index is 4.39. The number of aliphatic imine (C=N–C) groups is 1. The van der Waals surface area contributed by atoms with Crippen molar-refractivity contribution < 1.29 is 0 Å². The highest BCUT2D eigenvalue weighted by atomic mass is 14.8. The highest BCUT2D eigenvalue weighted by Gasteiger charge is 2.14. The molecule has 3 heterocycles. The van der Waals surface area contributed by atoms with Crippen LogP contribution in [0, 0.1) is 0 Å². The Morgan fingerprint density at radius 1 is 1.27 bits per heavy atom. The second kappa shape index (κ2) is 2.25. The zero-order valence-electron chi connectivity index (χ0n) is 7.86. The van der Waals surface area contributed by atoms with Crippen LogP contribution in [0.15, 0.2) is 28.4 Å². The third-order valence-electron chi connectivity index (χ3n) is 2.93. The summed E-state index contributed by atoms with van der Waals surface area (Å²) in [5, 5.41) is 3.36. The van der Waals surface area contributed by atoms with Gasteiger partial charge < -0.3 is 4.98 Å². The van der Waals surface area contributed by atoms with Gasteiger partial charge in [0.2, 0.25) is 0 Å². The topological polar surface area (TPSA) is 40.5 Å². The Morgan fingerprint density at radius 2 is 2.27 bits per heavy atom. The summed E-state index contributed by atoms with van der Waals surface area (Å²) in [6, 6.07) is 2.07. The summed E-state index contributed by atoms with van der Waals surface area (Å²) in [6.45, 7) is 0. The zero-order chi connectivity index (χ0) is 9.83. The normalized spacial score (nSPS) is 15.2. The molecule has 0 atom stereocenters. The van der Waals surface area contributed by atoms with Crippen molar-refractivity contribution in [2.45, 2.75) is 0 Å². The quantitative estimate of drug-likeness (QED) is 0.654. The van der Waals surface area contributed by atoms with Crippen LogP contribution >= 0.6 is 0 Å². The summed E-state index contributed by atoms with van der Waals surface area (Å²) in [5.74, 6) is 0. The van der Waals surface area contributed by atoms with Crippen LogP contribution in [0.2, 0.25) is 0 Å². The first-order valence-corrected chi connectivity index (χ1v) is 4.87. The fraction of sp³-hybridized carbons (Fsp3) is 0. The summed E-state index contributed by atoms with van der Waals surface area (Å²) in [7, 11) is 0. The summed E-state index contributed by atoms with van der Waals surface area (Å²) in [6.07, 6.45) is 9.70. The number of H-pyrrole nitrogens is 1. The minimum absolute atomic E-state index is 1.04. The van der Waals surface area contributed by atoms with Crippen molar-refractivity contribution >= 4 is 35.0 Å². The molecule has 0 aliphatic carbocycles. The van der Waals surface area contributed by atoms with Crippen LogP contribution in [0.1, 0.15) is 5.56 Å². The van der Waals surface area contributed by atoms with E-state index in [0.29, 0.717) is 0 Å². The number of hydrogen-bond donors (Lipinski definition) is 1. The monoisotopic (exact) mass is 193 g/mol. The third-order valence-corrected chi connectivity index (χ3v) is 2.93. The molecular weight excluding hydrogens is 186 g/mol. The SMILES string of the molecule is C1=Cc2c(c3c(c4cc[nH]c24)N=CC=3)=N1. The van der Waals surface area contributed by atoms with Gasteiger partial charge in [-0.05, 0) is 18.2 Å². The number of rotatable bonds is 0. The lowest BCUT2D eigenvalue weighted by molar-refractivity contribution is 1.34. The molecule has 3 heteroatoms. The van der Waals surface area contributed by atoms with Crippen LogP contribution < -0.4 is 10.6 Å². The molecule has 0 amide bonds. The Kier molecular flexibility index (Phi) is 1.08. The fourth-order valence-electron chi connectivity index (χ4n) is 2.28. The maximum absolute atomic E-state index is 4.39. The lowest BCUT2D eigenvalue weighted by atomic mass is 10.1. The van der Waals surface area contributed by atoms with E-state index < -0.39 is 0 Å². The largest absolute Gasteiger partial charge is 0.361 e. The Hall–Kier alpha value is -2.16. The smallest absolute Gasteiger partial charge is 0.0818 e. The van der Waals surface area contributed by atoms with Crippen molar-refractivity contribution in [2.75, 3.05) is 0 Å². The average Bonchev–Trinajstić information content (AvgIpc) is 2.97. The van der Waals surface area contributed by atoms with Gasteiger partial charge in [-0.15, -0.1) is 0 Å². The summed E-state index contributed by atoms with van der Waals surface area (Å²) >= 11 is 0. The van der Waals surface area contributed by atoms with Crippen LogP contribution in [0.4, 0.5) is 5.69 Å². The molecule has 1 aromatic carbocycles. The maximum Gasteiger partial charge on any atom is 0.0818 e. The Bertz CT molecular complexity index is 696. The molecule has 4 rings (SSSR count). The molecule has 1 aromatic heterocycles. The molecule has 70 valence electrons. The molecular formula is C12H7N3. The van der Waals surface area contributed by atoms with E-state index in [0.717, 1.165) is 21.8 Å². The van der Waals surface area contributed by atoms with Gasteiger partial charge in [0.1, 0.15) is 0 Å². The number of aromatic amines is 1. The van der Waals surface area contributed by atoms with Gasteiger partial charge >= 0.3 is 0 Å². The molecule has 1 N–H and O–H groups in total. The van der Waals surface area contributed by atoms with E-state index >= 15 is 0 Å². The van der Waals surface area contributed by atoms with E-state index in [9.17, 15) is 0 Å². The van der Waals surface area contributed by atoms with Crippen molar-refractivity contribution in [3.05, 3.63) is 34.6 Å². The highest BCUT2D eigenvalue weighted by Crippen LogP contribution is 2.25. The van der Waals surface area contributed by atoms with E-state index in [1.807, 2.05) is 30.8 Å². The van der Waals surface area contributed by atoms with Crippen LogP contribution in [0.25, 0.3) is 23.1 Å². The summed E-state index contributed by atoms with van der Waals surface area (Å²) in [4.78, 5) is 12.0. The second-order valence-electron chi connectivity index (χ2n) is 3.68. The highest BCUT2D eigenvalue weighted by molar-refractivity contribution is 6.05. The molecule has 0 spiro atoms. The number of hydrogen-bond acceptors (Lipinski definition) is 2. The van der Waals surface area contributed by atoms with Crippen molar-refractivity contribution in [1.82, 2.24) is 4.98 Å². The molecule has 2 aromatic rings. The van der Waals surface area contributed by atoms with E-state index in [1.54, 1.807) is 0 Å². The molecule has 0 unspecified atom stereocenters. The van der Waals surface area contributed by atoms with Gasteiger partial charge in [-0.3, -0.25) is 9.98 Å². The van der Waals surface area contributed by atoms with Crippen LogP contribution in [0.5, 0.6) is 0 Å². The standard InChI is InChI=1S/C12H7N3/c1-4-13-10-7(1)11-9(2-5-14-11)12-8(10)3-6-15-12/h1-6,13H. The molecule has 0 bridgehead atoms. The number of nitrogens with zero attached hydrogens (tertiary/aromatic N) is 2.